The molecule has 2 aromatic rings. The number of aryl methyl sites for hydroxylation is 1. The second-order valence-corrected chi connectivity index (χ2v) is 7.44. The molecule has 0 saturated carbocycles. The lowest BCUT2D eigenvalue weighted by atomic mass is 9.90. The average Bonchev–Trinajstić information content (AvgIpc) is 2.70. The van der Waals surface area contributed by atoms with Gasteiger partial charge in [0.1, 0.15) is 18.0 Å². The minimum atomic E-state index is -0.613. The molecular formula is C21H22FN3O3. The van der Waals surface area contributed by atoms with Crippen molar-refractivity contribution in [3.05, 3.63) is 59.7 Å². The molecule has 2 aliphatic rings. The molecule has 7 heteroatoms. The number of likely N-dealkylation sites (tertiary alicyclic amines) is 1. The van der Waals surface area contributed by atoms with Crippen LogP contribution in [-0.4, -0.2) is 53.5 Å². The lowest BCUT2D eigenvalue weighted by Crippen LogP contribution is -2.62. The number of nitrogens with zero attached hydrogens (tertiary/aromatic N) is 3. The summed E-state index contributed by atoms with van der Waals surface area (Å²) >= 11 is 0. The normalized spacial score (nSPS) is 22.6. The predicted molar refractivity (Wildman–Crippen MR) is 102 cm³/mol. The molecule has 6 nitrogen and oxygen atoms in total. The molecule has 0 N–H and O–H groups in total. The van der Waals surface area contributed by atoms with Gasteiger partial charge in [0.05, 0.1) is 13.1 Å². The van der Waals surface area contributed by atoms with Gasteiger partial charge >= 0.3 is 0 Å². The highest BCUT2D eigenvalue weighted by Crippen LogP contribution is 2.32. The van der Waals surface area contributed by atoms with Crippen LogP contribution in [0.1, 0.15) is 28.9 Å². The van der Waals surface area contributed by atoms with Crippen LogP contribution in [0.2, 0.25) is 0 Å². The first kappa shape index (κ1) is 18.6. The number of benzene rings is 1. The van der Waals surface area contributed by atoms with Crippen molar-refractivity contribution in [2.45, 2.75) is 25.4 Å². The van der Waals surface area contributed by atoms with Crippen LogP contribution in [0.15, 0.2) is 42.6 Å². The number of halogens is 1. The van der Waals surface area contributed by atoms with Crippen LogP contribution in [0.4, 0.5) is 10.1 Å². The zero-order valence-corrected chi connectivity index (χ0v) is 15.7. The van der Waals surface area contributed by atoms with Crippen molar-refractivity contribution in [3.63, 3.8) is 0 Å². The first-order valence-electron chi connectivity index (χ1n) is 9.38. The second-order valence-electron chi connectivity index (χ2n) is 7.44. The number of aromatic nitrogens is 1. The quantitative estimate of drug-likeness (QED) is 0.800. The zero-order chi connectivity index (χ0) is 19.7. The van der Waals surface area contributed by atoms with E-state index in [0.29, 0.717) is 30.9 Å². The Bertz CT molecular complexity index is 902. The third-order valence-electron chi connectivity index (χ3n) is 5.36. The van der Waals surface area contributed by atoms with Gasteiger partial charge in [-0.1, -0.05) is 0 Å². The number of rotatable bonds is 2. The molecular weight excluding hydrogens is 361 g/mol. The summed E-state index contributed by atoms with van der Waals surface area (Å²) < 4.78 is 19.2. The maximum absolute atomic E-state index is 13.3. The first-order valence-corrected chi connectivity index (χ1v) is 9.38. The standard InChI is InChI=1S/C21H22FN3O3/c1-15-11-16(7-9-23-15)20(27)24-10-2-8-21(13-24)14-25(19(26)12-28-21)18-5-3-17(22)4-6-18/h3-7,9,11H,2,8,10,12-14H2,1H3. The van der Waals surface area contributed by atoms with Crippen molar-refractivity contribution in [2.24, 2.45) is 0 Å². The van der Waals surface area contributed by atoms with Crippen LogP contribution in [0.3, 0.4) is 0 Å². The van der Waals surface area contributed by atoms with E-state index in [2.05, 4.69) is 4.98 Å². The molecule has 3 heterocycles. The van der Waals surface area contributed by atoms with Crippen LogP contribution < -0.4 is 4.90 Å². The molecule has 146 valence electrons. The molecule has 2 fully saturated rings. The highest BCUT2D eigenvalue weighted by Gasteiger charge is 2.44. The van der Waals surface area contributed by atoms with Gasteiger partial charge in [0.2, 0.25) is 0 Å². The third-order valence-corrected chi connectivity index (χ3v) is 5.36. The summed E-state index contributed by atoms with van der Waals surface area (Å²) in [6, 6.07) is 9.36. The second kappa shape index (κ2) is 7.31. The molecule has 2 amide bonds. The molecule has 0 radical (unpaired) electrons. The smallest absolute Gasteiger partial charge is 0.254 e. The topological polar surface area (TPSA) is 62.7 Å². The first-order chi connectivity index (χ1) is 13.5. The Morgan fingerprint density at radius 3 is 2.75 bits per heavy atom. The van der Waals surface area contributed by atoms with Gasteiger partial charge < -0.3 is 14.5 Å². The number of piperidine rings is 1. The largest absolute Gasteiger partial charge is 0.361 e. The van der Waals surface area contributed by atoms with Gasteiger partial charge in [0.15, 0.2) is 0 Å². The van der Waals surface area contributed by atoms with Gasteiger partial charge in [-0.2, -0.15) is 0 Å². The molecule has 1 atom stereocenters. The predicted octanol–water partition coefficient (Wildman–Crippen LogP) is 2.57. The highest BCUT2D eigenvalue weighted by molar-refractivity contribution is 5.96. The third kappa shape index (κ3) is 3.62. The maximum Gasteiger partial charge on any atom is 0.254 e. The van der Waals surface area contributed by atoms with Gasteiger partial charge in [-0.15, -0.1) is 0 Å². The summed E-state index contributed by atoms with van der Waals surface area (Å²) in [5, 5.41) is 0. The number of carbonyl (C=O) groups excluding carboxylic acids is 2. The van der Waals surface area contributed by atoms with Crippen molar-refractivity contribution in [3.8, 4) is 0 Å². The lowest BCUT2D eigenvalue weighted by Gasteiger charge is -2.47. The summed E-state index contributed by atoms with van der Waals surface area (Å²) in [6.45, 7) is 3.21. The number of hydrogen-bond donors (Lipinski definition) is 0. The monoisotopic (exact) mass is 383 g/mol. The van der Waals surface area contributed by atoms with Crippen LogP contribution >= 0.6 is 0 Å². The van der Waals surface area contributed by atoms with Crippen molar-refractivity contribution in [1.29, 1.82) is 0 Å². The fourth-order valence-electron chi connectivity index (χ4n) is 3.95. The SMILES string of the molecule is Cc1cc(C(=O)N2CCCC3(C2)CN(c2ccc(F)cc2)C(=O)CO3)ccn1. The van der Waals surface area contributed by atoms with Crippen molar-refractivity contribution in [1.82, 2.24) is 9.88 Å². The molecule has 1 aromatic carbocycles. The molecule has 2 aliphatic heterocycles. The minimum absolute atomic E-state index is 0.0478. The van der Waals surface area contributed by atoms with Crippen molar-refractivity contribution in [2.75, 3.05) is 31.1 Å². The molecule has 1 unspecified atom stereocenters. The summed E-state index contributed by atoms with van der Waals surface area (Å²) in [6.07, 6.45) is 3.19. The van der Waals surface area contributed by atoms with E-state index in [-0.39, 0.29) is 24.2 Å². The van der Waals surface area contributed by atoms with E-state index in [1.807, 2.05) is 6.92 Å². The highest BCUT2D eigenvalue weighted by atomic mass is 19.1. The molecule has 4 rings (SSSR count). The van der Waals surface area contributed by atoms with E-state index in [4.69, 9.17) is 4.74 Å². The van der Waals surface area contributed by atoms with E-state index in [1.54, 1.807) is 40.3 Å². The van der Waals surface area contributed by atoms with Crippen LogP contribution in [0, 0.1) is 12.7 Å². The molecule has 0 aliphatic carbocycles. The molecule has 1 spiro atoms. The summed E-state index contributed by atoms with van der Waals surface area (Å²) in [4.78, 5) is 32.9. The van der Waals surface area contributed by atoms with Crippen molar-refractivity contribution < 1.29 is 18.7 Å². The Labute approximate surface area is 162 Å². The van der Waals surface area contributed by atoms with Gasteiger partial charge in [-0.05, 0) is 56.2 Å². The van der Waals surface area contributed by atoms with Crippen LogP contribution in [0.25, 0.3) is 0 Å². The Kier molecular flexibility index (Phi) is 4.85. The number of morpholine rings is 1. The lowest BCUT2D eigenvalue weighted by molar-refractivity contribution is -0.144. The number of carbonyl (C=O) groups is 2. The van der Waals surface area contributed by atoms with Crippen LogP contribution in [0.5, 0.6) is 0 Å². The fraction of sp³-hybridized carbons (Fsp3) is 0.381. The van der Waals surface area contributed by atoms with Gasteiger partial charge in [0, 0.05) is 29.7 Å². The van der Waals surface area contributed by atoms with E-state index >= 15 is 0 Å². The van der Waals surface area contributed by atoms with E-state index in [9.17, 15) is 14.0 Å². The number of hydrogen-bond acceptors (Lipinski definition) is 4. The van der Waals surface area contributed by atoms with E-state index in [1.165, 1.54) is 12.1 Å². The van der Waals surface area contributed by atoms with E-state index in [0.717, 1.165) is 18.5 Å². The Balaban J connectivity index is 1.54. The Morgan fingerprint density at radius 2 is 2.00 bits per heavy atom. The number of ether oxygens (including phenoxy) is 1. The summed E-state index contributed by atoms with van der Waals surface area (Å²) in [5.74, 6) is -0.565. The summed E-state index contributed by atoms with van der Waals surface area (Å²) in [5.41, 5.74) is 1.42. The maximum atomic E-state index is 13.3. The fourth-order valence-corrected chi connectivity index (χ4v) is 3.95. The van der Waals surface area contributed by atoms with Gasteiger partial charge in [0.25, 0.3) is 11.8 Å². The van der Waals surface area contributed by atoms with Crippen molar-refractivity contribution >= 4 is 17.5 Å². The van der Waals surface area contributed by atoms with E-state index < -0.39 is 5.60 Å². The van der Waals surface area contributed by atoms with Crippen LogP contribution in [-0.2, 0) is 9.53 Å². The Hall–Kier alpha value is -2.80. The number of amides is 2. The summed E-state index contributed by atoms with van der Waals surface area (Å²) in [7, 11) is 0. The number of anilines is 1. The van der Waals surface area contributed by atoms with Gasteiger partial charge in [-0.3, -0.25) is 14.6 Å². The van der Waals surface area contributed by atoms with Gasteiger partial charge in [-0.25, -0.2) is 4.39 Å². The zero-order valence-electron chi connectivity index (χ0n) is 15.7. The molecule has 2 saturated heterocycles. The minimum Gasteiger partial charge on any atom is -0.361 e. The number of pyridine rings is 1. The average molecular weight is 383 g/mol. The molecule has 0 bridgehead atoms. The Morgan fingerprint density at radius 1 is 1.21 bits per heavy atom. The molecule has 1 aromatic heterocycles. The molecule has 28 heavy (non-hydrogen) atoms.